The summed E-state index contributed by atoms with van der Waals surface area (Å²) in [6, 6.07) is 4.94. The molecule has 1 fully saturated rings. The van der Waals surface area contributed by atoms with Gasteiger partial charge in [0, 0.05) is 16.4 Å². The van der Waals surface area contributed by atoms with Gasteiger partial charge in [0.15, 0.2) is 0 Å². The van der Waals surface area contributed by atoms with E-state index < -0.39 is 0 Å². The molecule has 3 N–H and O–H groups in total. The summed E-state index contributed by atoms with van der Waals surface area (Å²) in [4.78, 5) is 2.26. The summed E-state index contributed by atoms with van der Waals surface area (Å²) in [6.45, 7) is 4.42. The van der Waals surface area contributed by atoms with Crippen molar-refractivity contribution in [3.63, 3.8) is 0 Å². The van der Waals surface area contributed by atoms with Crippen molar-refractivity contribution in [2.75, 3.05) is 13.1 Å². The number of hydrogen-bond donors (Lipinski definition) is 2. The molecule has 0 aliphatic carbocycles. The van der Waals surface area contributed by atoms with Crippen molar-refractivity contribution in [1.82, 2.24) is 4.90 Å². The van der Waals surface area contributed by atoms with Crippen LogP contribution in [0.4, 0.5) is 4.39 Å². The van der Waals surface area contributed by atoms with Gasteiger partial charge in [-0.1, -0.05) is 28.0 Å². The number of likely N-dealkylation sites (tertiary alicyclic amines) is 1. The number of oxime groups is 1. The molecule has 1 aliphatic heterocycles. The molecule has 1 heterocycles. The van der Waals surface area contributed by atoms with Crippen LogP contribution in [0, 0.1) is 11.2 Å². The van der Waals surface area contributed by atoms with E-state index in [1.54, 1.807) is 6.07 Å². The van der Waals surface area contributed by atoms with Crippen LogP contribution < -0.4 is 5.73 Å². The maximum Gasteiger partial charge on any atom is 0.145 e. The molecule has 0 amide bonds. The van der Waals surface area contributed by atoms with E-state index in [0.29, 0.717) is 12.4 Å². The van der Waals surface area contributed by atoms with E-state index in [1.165, 1.54) is 6.07 Å². The van der Waals surface area contributed by atoms with Crippen molar-refractivity contribution < 1.29 is 9.60 Å². The average Bonchev–Trinajstić information content (AvgIpc) is 2.39. The van der Waals surface area contributed by atoms with Crippen LogP contribution in [-0.4, -0.2) is 29.0 Å². The highest BCUT2D eigenvalue weighted by molar-refractivity contribution is 9.10. The summed E-state index contributed by atoms with van der Waals surface area (Å²) in [5.41, 5.74) is 6.45. The van der Waals surface area contributed by atoms with Crippen molar-refractivity contribution in [2.45, 2.75) is 26.3 Å². The summed E-state index contributed by atoms with van der Waals surface area (Å²) in [6.07, 6.45) is 1.67. The zero-order valence-corrected chi connectivity index (χ0v) is 13.0. The molecule has 0 unspecified atom stereocenters. The first-order chi connectivity index (χ1) is 9.43. The molecular weight excluding hydrogens is 325 g/mol. The van der Waals surface area contributed by atoms with Gasteiger partial charge >= 0.3 is 0 Å². The molecule has 1 aromatic rings. The highest BCUT2D eigenvalue weighted by atomic mass is 79.9. The van der Waals surface area contributed by atoms with Crippen LogP contribution in [0.1, 0.15) is 25.3 Å². The molecule has 0 atom stereocenters. The minimum atomic E-state index is -0.242. The fourth-order valence-corrected chi connectivity index (χ4v) is 3.05. The van der Waals surface area contributed by atoms with E-state index in [2.05, 4.69) is 26.0 Å². The second kappa shape index (κ2) is 6.10. The zero-order valence-electron chi connectivity index (χ0n) is 11.4. The lowest BCUT2D eigenvalue weighted by atomic mass is 9.79. The SMILES string of the molecule is CC1(/C(N)=N/O)CCN(Cc2cc(F)cc(Br)c2)CC1. The van der Waals surface area contributed by atoms with Crippen molar-refractivity contribution in [2.24, 2.45) is 16.3 Å². The molecule has 1 aliphatic rings. The minimum Gasteiger partial charge on any atom is -0.409 e. The van der Waals surface area contributed by atoms with Crippen molar-refractivity contribution in [3.8, 4) is 0 Å². The first-order valence-corrected chi connectivity index (χ1v) is 7.37. The van der Waals surface area contributed by atoms with Gasteiger partial charge in [-0.05, 0) is 49.7 Å². The minimum absolute atomic E-state index is 0.229. The van der Waals surface area contributed by atoms with E-state index in [1.807, 2.05) is 13.0 Å². The first kappa shape index (κ1) is 15.3. The monoisotopic (exact) mass is 343 g/mol. The molecule has 0 spiro atoms. The summed E-state index contributed by atoms with van der Waals surface area (Å²) < 4.78 is 14.1. The quantitative estimate of drug-likeness (QED) is 0.384. The lowest BCUT2D eigenvalue weighted by Gasteiger charge is -2.38. The Morgan fingerprint density at radius 2 is 2.10 bits per heavy atom. The van der Waals surface area contributed by atoms with Crippen molar-refractivity contribution >= 4 is 21.8 Å². The van der Waals surface area contributed by atoms with E-state index in [-0.39, 0.29) is 11.2 Å². The number of nitrogens with two attached hydrogens (primary N) is 1. The van der Waals surface area contributed by atoms with Crippen LogP contribution in [0.25, 0.3) is 0 Å². The van der Waals surface area contributed by atoms with Gasteiger partial charge in [-0.15, -0.1) is 0 Å². The van der Waals surface area contributed by atoms with Gasteiger partial charge in [-0.25, -0.2) is 4.39 Å². The van der Waals surface area contributed by atoms with Gasteiger partial charge in [-0.2, -0.15) is 0 Å². The molecule has 6 heteroatoms. The zero-order chi connectivity index (χ0) is 14.8. The first-order valence-electron chi connectivity index (χ1n) is 6.58. The second-order valence-corrected chi connectivity index (χ2v) is 6.52. The number of benzene rings is 1. The lowest BCUT2D eigenvalue weighted by molar-refractivity contribution is 0.153. The molecular formula is C14H19BrFN3O. The maximum atomic E-state index is 13.3. The molecule has 1 saturated heterocycles. The Bertz CT molecular complexity index is 493. The largest absolute Gasteiger partial charge is 0.409 e. The molecule has 110 valence electrons. The normalized spacial score (nSPS) is 20.1. The third-order valence-corrected chi connectivity index (χ3v) is 4.47. The number of nitrogens with zero attached hydrogens (tertiary/aromatic N) is 2. The number of halogens is 2. The van der Waals surface area contributed by atoms with Gasteiger partial charge in [0.1, 0.15) is 11.7 Å². The Kier molecular flexibility index (Phi) is 4.65. The van der Waals surface area contributed by atoms with Crippen molar-refractivity contribution in [1.29, 1.82) is 0 Å². The number of hydrogen-bond acceptors (Lipinski definition) is 3. The van der Waals surface area contributed by atoms with E-state index in [4.69, 9.17) is 10.9 Å². The van der Waals surface area contributed by atoms with Gasteiger partial charge in [0.25, 0.3) is 0 Å². The average molecular weight is 344 g/mol. The van der Waals surface area contributed by atoms with Crippen LogP contribution in [0.2, 0.25) is 0 Å². The summed E-state index contributed by atoms with van der Waals surface area (Å²) in [5.74, 6) is 0.0681. The van der Waals surface area contributed by atoms with E-state index in [9.17, 15) is 4.39 Å². The van der Waals surface area contributed by atoms with Gasteiger partial charge in [0.05, 0.1) is 0 Å². The number of amidine groups is 1. The predicted octanol–water partition coefficient (Wildman–Crippen LogP) is 2.94. The topological polar surface area (TPSA) is 61.9 Å². The van der Waals surface area contributed by atoms with E-state index in [0.717, 1.165) is 36.0 Å². The molecule has 0 radical (unpaired) electrons. The van der Waals surface area contributed by atoms with Gasteiger partial charge in [-0.3, -0.25) is 4.90 Å². The van der Waals surface area contributed by atoms with Crippen molar-refractivity contribution in [3.05, 3.63) is 34.1 Å². The molecule has 4 nitrogen and oxygen atoms in total. The smallest absolute Gasteiger partial charge is 0.145 e. The Morgan fingerprint density at radius 3 is 2.65 bits per heavy atom. The van der Waals surface area contributed by atoms with E-state index >= 15 is 0 Å². The number of piperidine rings is 1. The highest BCUT2D eigenvalue weighted by Gasteiger charge is 2.34. The Hall–Kier alpha value is -1.14. The standard InChI is InChI=1S/C14H19BrFN3O/c1-14(13(17)18-20)2-4-19(5-3-14)9-10-6-11(15)8-12(16)7-10/h6-8,20H,2-5,9H2,1H3,(H2,17,18). The van der Waals surface area contributed by atoms with Crippen LogP contribution in [0.15, 0.2) is 27.8 Å². The summed E-state index contributed by atoms with van der Waals surface area (Å²) in [5, 5.41) is 12.0. The van der Waals surface area contributed by atoms with Crippen LogP contribution in [0.3, 0.4) is 0 Å². The second-order valence-electron chi connectivity index (χ2n) is 5.60. The molecule has 0 aromatic heterocycles. The predicted molar refractivity (Wildman–Crippen MR) is 80.1 cm³/mol. The Morgan fingerprint density at radius 1 is 1.45 bits per heavy atom. The molecule has 20 heavy (non-hydrogen) atoms. The molecule has 0 bridgehead atoms. The van der Waals surface area contributed by atoms with Crippen LogP contribution in [-0.2, 0) is 6.54 Å². The molecule has 2 rings (SSSR count). The fourth-order valence-electron chi connectivity index (χ4n) is 2.54. The third-order valence-electron chi connectivity index (χ3n) is 4.01. The molecule has 1 aromatic carbocycles. The summed E-state index contributed by atoms with van der Waals surface area (Å²) in [7, 11) is 0. The van der Waals surface area contributed by atoms with Gasteiger partial charge < -0.3 is 10.9 Å². The molecule has 0 saturated carbocycles. The van der Waals surface area contributed by atoms with Crippen LogP contribution in [0.5, 0.6) is 0 Å². The van der Waals surface area contributed by atoms with Gasteiger partial charge in [0.2, 0.25) is 0 Å². The Labute approximate surface area is 126 Å². The Balaban J connectivity index is 1.98. The lowest BCUT2D eigenvalue weighted by Crippen LogP contribution is -2.45. The number of rotatable bonds is 3. The van der Waals surface area contributed by atoms with Crippen LogP contribution >= 0.6 is 15.9 Å². The summed E-state index contributed by atoms with van der Waals surface area (Å²) >= 11 is 3.31. The third kappa shape index (κ3) is 3.49. The fraction of sp³-hybridized carbons (Fsp3) is 0.500. The highest BCUT2D eigenvalue weighted by Crippen LogP contribution is 2.31. The maximum absolute atomic E-state index is 13.3.